The Morgan fingerprint density at radius 2 is 1.87 bits per heavy atom. The Kier molecular flexibility index (Phi) is 8.43. The van der Waals surface area contributed by atoms with Crippen molar-refractivity contribution in [1.29, 1.82) is 0 Å². The normalized spacial score (nSPS) is 19.7. The SMILES string of the molecule is CNS(=O)(=O)c1ccccc1OCCC(O)N[C@H]1COC2(CCN(c3nccc(-c4ccccc4)n3)CC2)C1. The van der Waals surface area contributed by atoms with Crippen LogP contribution in [-0.4, -0.2) is 74.7 Å². The quantitative estimate of drug-likeness (QED) is 0.325. The molecule has 10 nitrogen and oxygen atoms in total. The van der Waals surface area contributed by atoms with Crippen LogP contribution >= 0.6 is 0 Å². The number of para-hydroxylation sites is 1. The van der Waals surface area contributed by atoms with Gasteiger partial charge in [0.25, 0.3) is 0 Å². The second kappa shape index (κ2) is 12.0. The van der Waals surface area contributed by atoms with E-state index in [1.807, 2.05) is 42.6 Å². The molecule has 0 aliphatic carbocycles. The van der Waals surface area contributed by atoms with Gasteiger partial charge in [0.2, 0.25) is 16.0 Å². The molecule has 0 bridgehead atoms. The first-order valence-electron chi connectivity index (χ1n) is 13.2. The number of aromatic nitrogens is 2. The second-order valence-corrected chi connectivity index (χ2v) is 11.8. The van der Waals surface area contributed by atoms with E-state index >= 15 is 0 Å². The molecule has 2 aromatic carbocycles. The van der Waals surface area contributed by atoms with E-state index in [-0.39, 0.29) is 28.9 Å². The fraction of sp³-hybridized carbons (Fsp3) is 0.429. The maximum absolute atomic E-state index is 12.2. The number of hydrogen-bond acceptors (Lipinski definition) is 9. The Hall–Kier alpha value is -3.09. The van der Waals surface area contributed by atoms with Crippen LogP contribution in [0.5, 0.6) is 5.75 Å². The van der Waals surface area contributed by atoms with Crippen LogP contribution in [0.2, 0.25) is 0 Å². The summed E-state index contributed by atoms with van der Waals surface area (Å²) < 4.78 is 38.6. The van der Waals surface area contributed by atoms with Crippen LogP contribution in [0.4, 0.5) is 5.95 Å². The molecule has 2 fully saturated rings. The monoisotopic (exact) mass is 553 g/mol. The van der Waals surface area contributed by atoms with Crippen molar-refractivity contribution in [1.82, 2.24) is 20.0 Å². The molecule has 208 valence electrons. The van der Waals surface area contributed by atoms with Gasteiger partial charge in [-0.15, -0.1) is 0 Å². The van der Waals surface area contributed by atoms with E-state index < -0.39 is 16.3 Å². The standard InChI is InChI=1S/C28H35N5O5S/c1-29-39(35,36)25-10-6-5-9-24(25)37-18-12-26(34)31-22-19-28(38-20-22)13-16-33(17-14-28)27-30-15-11-23(32-27)21-7-3-2-4-8-21/h2-11,15,22,26,29,31,34H,12-14,16-20H2,1H3/t22-,26?/m1/s1. The second-order valence-electron chi connectivity index (χ2n) is 9.96. The molecule has 0 amide bonds. The number of nitrogens with one attached hydrogen (secondary N) is 2. The van der Waals surface area contributed by atoms with Gasteiger partial charge >= 0.3 is 0 Å². The minimum Gasteiger partial charge on any atom is -0.492 e. The molecule has 1 spiro atoms. The van der Waals surface area contributed by atoms with Gasteiger partial charge in [-0.1, -0.05) is 42.5 Å². The average molecular weight is 554 g/mol. The Balaban J connectivity index is 1.09. The summed E-state index contributed by atoms with van der Waals surface area (Å²) in [6.45, 7) is 2.30. The van der Waals surface area contributed by atoms with Crippen molar-refractivity contribution in [2.24, 2.45) is 0 Å². The summed E-state index contributed by atoms with van der Waals surface area (Å²) >= 11 is 0. The van der Waals surface area contributed by atoms with Crippen molar-refractivity contribution < 1.29 is 23.0 Å². The van der Waals surface area contributed by atoms with E-state index in [4.69, 9.17) is 14.5 Å². The molecule has 2 aliphatic heterocycles. The number of sulfonamides is 1. The Morgan fingerprint density at radius 3 is 2.64 bits per heavy atom. The maximum Gasteiger partial charge on any atom is 0.243 e. The molecule has 39 heavy (non-hydrogen) atoms. The number of rotatable bonds is 10. The van der Waals surface area contributed by atoms with Crippen molar-refractivity contribution in [2.45, 2.75) is 48.4 Å². The molecular weight excluding hydrogens is 518 g/mol. The average Bonchev–Trinajstić information content (AvgIpc) is 3.35. The smallest absolute Gasteiger partial charge is 0.243 e. The van der Waals surface area contributed by atoms with Crippen LogP contribution in [0.15, 0.2) is 71.8 Å². The van der Waals surface area contributed by atoms with E-state index in [0.29, 0.717) is 13.0 Å². The zero-order valence-electron chi connectivity index (χ0n) is 22.0. The lowest BCUT2D eigenvalue weighted by Gasteiger charge is -2.38. The van der Waals surface area contributed by atoms with E-state index in [0.717, 1.165) is 49.6 Å². The van der Waals surface area contributed by atoms with Gasteiger partial charge in [-0.25, -0.2) is 23.1 Å². The predicted molar refractivity (Wildman–Crippen MR) is 148 cm³/mol. The van der Waals surface area contributed by atoms with Crippen LogP contribution in [0.1, 0.15) is 25.7 Å². The first-order chi connectivity index (χ1) is 18.9. The van der Waals surface area contributed by atoms with Crippen molar-refractivity contribution in [2.75, 3.05) is 38.3 Å². The van der Waals surface area contributed by atoms with Crippen molar-refractivity contribution in [3.63, 3.8) is 0 Å². The third-order valence-corrected chi connectivity index (χ3v) is 8.82. The molecule has 3 N–H and O–H groups in total. The predicted octanol–water partition coefficient (Wildman–Crippen LogP) is 2.56. The molecule has 0 radical (unpaired) electrons. The lowest BCUT2D eigenvalue weighted by atomic mass is 9.87. The van der Waals surface area contributed by atoms with Crippen LogP contribution in [0.3, 0.4) is 0 Å². The van der Waals surface area contributed by atoms with E-state index in [1.165, 1.54) is 13.1 Å². The van der Waals surface area contributed by atoms with Crippen LogP contribution in [0.25, 0.3) is 11.3 Å². The number of ether oxygens (including phenoxy) is 2. The summed E-state index contributed by atoms with van der Waals surface area (Å²) in [6, 6.07) is 18.5. The highest BCUT2D eigenvalue weighted by Crippen LogP contribution is 2.37. The Bertz CT molecular complexity index is 1350. The summed E-state index contributed by atoms with van der Waals surface area (Å²) in [5.41, 5.74) is 1.76. The molecule has 0 saturated carbocycles. The van der Waals surface area contributed by atoms with E-state index in [1.54, 1.807) is 18.2 Å². The molecule has 2 aliphatic rings. The largest absolute Gasteiger partial charge is 0.492 e. The molecule has 1 unspecified atom stereocenters. The van der Waals surface area contributed by atoms with Gasteiger partial charge in [-0.05, 0) is 44.5 Å². The molecular formula is C28H35N5O5S. The van der Waals surface area contributed by atoms with Crippen LogP contribution < -0.4 is 19.7 Å². The molecule has 2 saturated heterocycles. The summed E-state index contributed by atoms with van der Waals surface area (Å²) in [7, 11) is -2.27. The van der Waals surface area contributed by atoms with Gasteiger partial charge in [0.15, 0.2) is 0 Å². The highest BCUT2D eigenvalue weighted by Gasteiger charge is 2.43. The fourth-order valence-corrected chi connectivity index (χ4v) is 6.09. The lowest BCUT2D eigenvalue weighted by Crippen LogP contribution is -2.46. The zero-order valence-corrected chi connectivity index (χ0v) is 22.8. The van der Waals surface area contributed by atoms with Gasteiger partial charge < -0.3 is 19.5 Å². The maximum atomic E-state index is 12.2. The molecule has 11 heteroatoms. The van der Waals surface area contributed by atoms with Crippen molar-refractivity contribution in [3.05, 3.63) is 66.9 Å². The third kappa shape index (κ3) is 6.56. The Morgan fingerprint density at radius 1 is 1.13 bits per heavy atom. The highest BCUT2D eigenvalue weighted by molar-refractivity contribution is 7.89. The van der Waals surface area contributed by atoms with Crippen molar-refractivity contribution in [3.8, 4) is 17.0 Å². The van der Waals surface area contributed by atoms with Gasteiger partial charge in [-0.2, -0.15) is 0 Å². The molecule has 5 rings (SSSR count). The fourth-order valence-electron chi connectivity index (χ4n) is 5.22. The molecule has 2 atom stereocenters. The number of piperidine rings is 1. The first-order valence-corrected chi connectivity index (χ1v) is 14.7. The summed E-state index contributed by atoms with van der Waals surface area (Å²) in [4.78, 5) is 11.6. The topological polar surface area (TPSA) is 126 Å². The van der Waals surface area contributed by atoms with Gasteiger partial charge in [0.1, 0.15) is 16.9 Å². The molecule has 3 aromatic rings. The number of aliphatic hydroxyl groups is 1. The van der Waals surface area contributed by atoms with E-state index in [2.05, 4.69) is 19.9 Å². The first kappa shape index (κ1) is 27.5. The molecule has 3 heterocycles. The minimum atomic E-state index is -3.63. The zero-order chi connectivity index (χ0) is 27.3. The lowest BCUT2D eigenvalue weighted by molar-refractivity contribution is -0.0156. The van der Waals surface area contributed by atoms with E-state index in [9.17, 15) is 13.5 Å². The summed E-state index contributed by atoms with van der Waals surface area (Å²) in [6.07, 6.45) is 3.86. The number of hydrogen-bond donors (Lipinski definition) is 3. The van der Waals surface area contributed by atoms with Crippen LogP contribution in [-0.2, 0) is 14.8 Å². The Labute approximate surface area is 229 Å². The summed E-state index contributed by atoms with van der Waals surface area (Å²) in [5.74, 6) is 0.991. The number of aliphatic hydroxyl groups excluding tert-OH is 1. The minimum absolute atomic E-state index is 0.0289. The van der Waals surface area contributed by atoms with Gasteiger partial charge in [0.05, 0.1) is 24.5 Å². The number of anilines is 1. The van der Waals surface area contributed by atoms with Gasteiger partial charge in [-0.3, -0.25) is 5.32 Å². The third-order valence-electron chi connectivity index (χ3n) is 7.36. The van der Waals surface area contributed by atoms with Gasteiger partial charge in [0, 0.05) is 37.3 Å². The number of nitrogens with zero attached hydrogens (tertiary/aromatic N) is 3. The molecule has 1 aromatic heterocycles. The van der Waals surface area contributed by atoms with Crippen LogP contribution in [0, 0.1) is 0 Å². The van der Waals surface area contributed by atoms with Crippen molar-refractivity contribution >= 4 is 16.0 Å². The number of benzene rings is 2. The highest BCUT2D eigenvalue weighted by atomic mass is 32.2. The summed E-state index contributed by atoms with van der Waals surface area (Å²) in [5, 5.41) is 13.8.